The van der Waals surface area contributed by atoms with Crippen molar-refractivity contribution in [2.75, 3.05) is 23.0 Å². The van der Waals surface area contributed by atoms with Crippen LogP contribution in [-0.2, 0) is 29.7 Å². The maximum Gasteiger partial charge on any atom is 0.256 e. The highest BCUT2D eigenvalue weighted by Gasteiger charge is 2.41. The van der Waals surface area contributed by atoms with Crippen molar-refractivity contribution in [1.29, 1.82) is 0 Å². The molecule has 0 bridgehead atoms. The second kappa shape index (κ2) is 7.02. The van der Waals surface area contributed by atoms with Crippen molar-refractivity contribution in [3.8, 4) is 0 Å². The van der Waals surface area contributed by atoms with Crippen LogP contribution < -0.4 is 5.43 Å². The van der Waals surface area contributed by atoms with Crippen molar-refractivity contribution in [2.45, 2.75) is 29.8 Å². The molecule has 26 heavy (non-hydrogen) atoms. The minimum atomic E-state index is -4.07. The number of sulfonamides is 1. The molecule has 2 atom stereocenters. The molecule has 1 aromatic rings. The number of halogens is 1. The molecular formula is C14H19ClN2O6S3. The van der Waals surface area contributed by atoms with Gasteiger partial charge in [-0.1, -0.05) is 11.6 Å². The van der Waals surface area contributed by atoms with Gasteiger partial charge in [0.25, 0.3) is 10.0 Å². The molecule has 0 saturated carbocycles. The highest BCUT2D eigenvalue weighted by Crippen LogP contribution is 2.26. The molecule has 0 amide bonds. The summed E-state index contributed by atoms with van der Waals surface area (Å²) in [5.41, 5.74) is 2.77. The average molecular weight is 443 g/mol. The Morgan fingerprint density at radius 3 is 2.04 bits per heavy atom. The van der Waals surface area contributed by atoms with Crippen molar-refractivity contribution < 1.29 is 25.3 Å². The van der Waals surface area contributed by atoms with Gasteiger partial charge in [-0.15, -0.1) is 4.41 Å². The molecule has 2 aliphatic rings. The van der Waals surface area contributed by atoms with Crippen LogP contribution in [0.25, 0.3) is 0 Å². The number of sulfone groups is 2. The number of hydrogen-bond donors (Lipinski definition) is 1. The molecule has 0 aromatic heterocycles. The molecule has 1 aromatic carbocycles. The fourth-order valence-corrected chi connectivity index (χ4v) is 8.28. The Morgan fingerprint density at radius 1 is 0.962 bits per heavy atom. The Labute approximate surface area is 158 Å². The second-order valence-electron chi connectivity index (χ2n) is 6.54. The van der Waals surface area contributed by atoms with Crippen molar-refractivity contribution in [3.63, 3.8) is 0 Å². The summed E-state index contributed by atoms with van der Waals surface area (Å²) < 4.78 is 74.1. The zero-order chi connectivity index (χ0) is 19.2. The number of nitrogens with one attached hydrogen (secondary N) is 1. The van der Waals surface area contributed by atoms with Crippen LogP contribution in [0.4, 0.5) is 0 Å². The molecular weight excluding hydrogens is 424 g/mol. The Balaban J connectivity index is 1.93. The quantitative estimate of drug-likeness (QED) is 0.647. The molecule has 2 heterocycles. The predicted molar refractivity (Wildman–Crippen MR) is 97.7 cm³/mol. The van der Waals surface area contributed by atoms with Gasteiger partial charge in [-0.05, 0) is 37.1 Å². The summed E-state index contributed by atoms with van der Waals surface area (Å²) in [6, 6.07) is 4.16. The van der Waals surface area contributed by atoms with Gasteiger partial charge in [-0.25, -0.2) is 30.7 Å². The van der Waals surface area contributed by atoms with Crippen LogP contribution in [0.2, 0.25) is 5.02 Å². The summed E-state index contributed by atoms with van der Waals surface area (Å²) in [7, 11) is -10.6. The first-order chi connectivity index (χ1) is 12.0. The van der Waals surface area contributed by atoms with Crippen LogP contribution in [0, 0.1) is 0 Å². The van der Waals surface area contributed by atoms with Crippen LogP contribution in [0.3, 0.4) is 0 Å². The average Bonchev–Trinajstić information content (AvgIpc) is 3.06. The third-order valence-corrected chi connectivity index (χ3v) is 10.0. The van der Waals surface area contributed by atoms with Crippen molar-refractivity contribution >= 4 is 41.3 Å². The number of benzene rings is 1. The highest BCUT2D eigenvalue weighted by atomic mass is 35.5. The van der Waals surface area contributed by atoms with Gasteiger partial charge in [-0.3, -0.25) is 0 Å². The lowest BCUT2D eigenvalue weighted by molar-refractivity contribution is 0.229. The summed E-state index contributed by atoms with van der Waals surface area (Å²) in [5.74, 6) is -0.608. The fraction of sp³-hybridized carbons (Fsp3) is 0.571. The van der Waals surface area contributed by atoms with Gasteiger partial charge < -0.3 is 0 Å². The Bertz CT molecular complexity index is 990. The summed E-state index contributed by atoms with van der Waals surface area (Å²) >= 11 is 5.80. The van der Waals surface area contributed by atoms with Crippen molar-refractivity contribution in [2.24, 2.45) is 0 Å². The van der Waals surface area contributed by atoms with E-state index in [9.17, 15) is 25.3 Å². The number of hydrazine groups is 1. The van der Waals surface area contributed by atoms with E-state index in [1.54, 1.807) is 0 Å². The molecule has 2 aliphatic heterocycles. The lowest BCUT2D eigenvalue weighted by Crippen LogP contribution is -2.54. The largest absolute Gasteiger partial charge is 0.256 e. The Kier molecular flexibility index (Phi) is 5.41. The number of hydrogen-bond acceptors (Lipinski definition) is 7. The van der Waals surface area contributed by atoms with Crippen LogP contribution in [0.5, 0.6) is 0 Å². The lowest BCUT2D eigenvalue weighted by Gasteiger charge is -2.30. The SMILES string of the molecule is O=S1(=O)CC[C@H](NN([C@H]2CCS(=O)(=O)C2)S(=O)(=O)c2ccc(Cl)cc2)C1. The van der Waals surface area contributed by atoms with Gasteiger partial charge in [0.2, 0.25) is 0 Å². The van der Waals surface area contributed by atoms with E-state index < -0.39 is 41.8 Å². The molecule has 0 aliphatic carbocycles. The fourth-order valence-electron chi connectivity index (χ4n) is 3.13. The van der Waals surface area contributed by atoms with E-state index >= 15 is 0 Å². The molecule has 0 radical (unpaired) electrons. The molecule has 146 valence electrons. The lowest BCUT2D eigenvalue weighted by atomic mass is 10.2. The van der Waals surface area contributed by atoms with Gasteiger partial charge >= 0.3 is 0 Å². The third-order valence-electron chi connectivity index (χ3n) is 4.45. The zero-order valence-electron chi connectivity index (χ0n) is 13.7. The summed E-state index contributed by atoms with van der Waals surface area (Å²) in [6.07, 6.45) is 0.427. The normalized spacial score (nSPS) is 27.8. The molecule has 2 saturated heterocycles. The molecule has 12 heteroatoms. The van der Waals surface area contributed by atoms with Gasteiger partial charge in [0.05, 0.1) is 33.9 Å². The van der Waals surface area contributed by atoms with Gasteiger partial charge in [0.1, 0.15) is 0 Å². The molecule has 8 nitrogen and oxygen atoms in total. The topological polar surface area (TPSA) is 118 Å². The maximum atomic E-state index is 13.1. The molecule has 3 rings (SSSR count). The van der Waals surface area contributed by atoms with E-state index in [0.717, 1.165) is 4.41 Å². The maximum absolute atomic E-state index is 13.1. The van der Waals surface area contributed by atoms with Gasteiger partial charge in [0, 0.05) is 11.1 Å². The zero-order valence-corrected chi connectivity index (χ0v) is 16.9. The first kappa shape index (κ1) is 20.0. The molecule has 0 unspecified atom stereocenters. The standard InChI is InChI=1S/C14H19ClN2O6S3/c15-11-1-3-14(4-2-11)26(22,23)17(13-6-8-25(20,21)10-13)16-12-5-7-24(18,19)9-12/h1-4,12-13,16H,5-10H2/t12-,13-/m0/s1. The first-order valence-electron chi connectivity index (χ1n) is 7.96. The second-order valence-corrected chi connectivity index (χ2v) is 13.2. The monoisotopic (exact) mass is 442 g/mol. The van der Waals surface area contributed by atoms with Crippen LogP contribution in [0.15, 0.2) is 29.2 Å². The first-order valence-corrected chi connectivity index (χ1v) is 13.4. The summed E-state index contributed by atoms with van der Waals surface area (Å²) in [6.45, 7) is 0. The van der Waals surface area contributed by atoms with E-state index in [0.29, 0.717) is 5.02 Å². The van der Waals surface area contributed by atoms with E-state index in [1.807, 2.05) is 0 Å². The van der Waals surface area contributed by atoms with Gasteiger partial charge in [0.15, 0.2) is 19.7 Å². The highest BCUT2D eigenvalue weighted by molar-refractivity contribution is 7.92. The summed E-state index contributed by atoms with van der Waals surface area (Å²) in [5, 5.41) is 0.369. The summed E-state index contributed by atoms with van der Waals surface area (Å²) in [4.78, 5) is -0.0421. The smallest absolute Gasteiger partial charge is 0.237 e. The number of rotatable bonds is 5. The van der Waals surface area contributed by atoms with Crippen molar-refractivity contribution in [3.05, 3.63) is 29.3 Å². The van der Waals surface area contributed by atoms with Crippen LogP contribution in [0.1, 0.15) is 12.8 Å². The number of nitrogens with zero attached hydrogens (tertiary/aromatic N) is 1. The minimum absolute atomic E-state index is 0.0253. The van der Waals surface area contributed by atoms with E-state index in [1.165, 1.54) is 24.3 Å². The third kappa shape index (κ3) is 4.39. The Hall–Kier alpha value is -0.720. The van der Waals surface area contributed by atoms with Crippen LogP contribution >= 0.6 is 11.6 Å². The molecule has 2 fully saturated rings. The van der Waals surface area contributed by atoms with E-state index in [-0.39, 0.29) is 40.7 Å². The van der Waals surface area contributed by atoms with Crippen LogP contribution in [-0.4, -0.2) is 64.8 Å². The van der Waals surface area contributed by atoms with E-state index in [4.69, 9.17) is 11.6 Å². The predicted octanol–water partition coefficient (Wildman–Crippen LogP) is 0.210. The Morgan fingerprint density at radius 2 is 1.54 bits per heavy atom. The minimum Gasteiger partial charge on any atom is -0.237 e. The van der Waals surface area contributed by atoms with Gasteiger partial charge in [-0.2, -0.15) is 0 Å². The van der Waals surface area contributed by atoms with Crippen molar-refractivity contribution in [1.82, 2.24) is 9.84 Å². The molecule has 1 N–H and O–H groups in total. The van der Waals surface area contributed by atoms with E-state index in [2.05, 4.69) is 5.43 Å². The molecule has 0 spiro atoms.